The van der Waals surface area contributed by atoms with Gasteiger partial charge in [-0.05, 0) is 36.1 Å². The quantitative estimate of drug-likeness (QED) is 0.882. The zero-order valence-corrected chi connectivity index (χ0v) is 14.0. The smallest absolute Gasteiger partial charge is 0.252 e. The van der Waals surface area contributed by atoms with E-state index in [1.165, 1.54) is 0 Å². The van der Waals surface area contributed by atoms with Gasteiger partial charge in [0.2, 0.25) is 0 Å². The Bertz CT molecular complexity index is 616. The first kappa shape index (κ1) is 17.0. The Morgan fingerprint density at radius 2 is 1.87 bits per heavy atom. The minimum atomic E-state index is -0.0859. The molecule has 1 N–H and O–H groups in total. The van der Waals surface area contributed by atoms with Crippen molar-refractivity contribution in [2.75, 3.05) is 6.54 Å². The van der Waals surface area contributed by atoms with Crippen molar-refractivity contribution < 1.29 is 9.53 Å². The van der Waals surface area contributed by atoms with Crippen LogP contribution in [-0.2, 0) is 6.61 Å². The van der Waals surface area contributed by atoms with E-state index < -0.39 is 0 Å². The summed E-state index contributed by atoms with van der Waals surface area (Å²) >= 11 is 0. The third kappa shape index (κ3) is 6.10. The van der Waals surface area contributed by atoms with E-state index in [0.717, 1.165) is 17.9 Å². The highest BCUT2D eigenvalue weighted by Gasteiger charge is 2.11. The topological polar surface area (TPSA) is 51.2 Å². The number of rotatable bonds is 6. The molecule has 4 nitrogen and oxygen atoms in total. The lowest BCUT2D eigenvalue weighted by Crippen LogP contribution is -2.27. The number of hydrogen-bond acceptors (Lipinski definition) is 3. The molecule has 0 atom stereocenters. The van der Waals surface area contributed by atoms with Crippen molar-refractivity contribution in [3.05, 3.63) is 59.9 Å². The summed E-state index contributed by atoms with van der Waals surface area (Å²) in [4.78, 5) is 16.3. The molecule has 0 aliphatic carbocycles. The van der Waals surface area contributed by atoms with Gasteiger partial charge in [-0.1, -0.05) is 39.0 Å². The van der Waals surface area contributed by atoms with Crippen LogP contribution in [0, 0.1) is 5.41 Å². The molecule has 1 aromatic heterocycles. The number of ether oxygens (including phenoxy) is 1. The number of carbonyl (C=O) groups is 1. The van der Waals surface area contributed by atoms with Crippen molar-refractivity contribution in [1.29, 1.82) is 0 Å². The Morgan fingerprint density at radius 3 is 2.48 bits per heavy atom. The minimum absolute atomic E-state index is 0.0859. The highest BCUT2D eigenvalue weighted by molar-refractivity contribution is 5.93. The van der Waals surface area contributed by atoms with Crippen LogP contribution in [0.25, 0.3) is 0 Å². The van der Waals surface area contributed by atoms with E-state index in [-0.39, 0.29) is 11.3 Å². The first-order valence-electron chi connectivity index (χ1n) is 7.85. The molecular formula is C19H24N2O2. The number of amides is 1. The molecule has 2 aromatic rings. The third-order valence-electron chi connectivity index (χ3n) is 3.38. The fraction of sp³-hybridized carbons (Fsp3) is 0.368. The Hall–Kier alpha value is -2.36. The van der Waals surface area contributed by atoms with E-state index in [4.69, 9.17) is 4.74 Å². The summed E-state index contributed by atoms with van der Waals surface area (Å²) in [5.74, 6) is 0.718. The summed E-state index contributed by atoms with van der Waals surface area (Å²) < 4.78 is 5.63. The maximum absolute atomic E-state index is 12.0. The molecule has 0 saturated carbocycles. The molecule has 0 fully saturated rings. The van der Waals surface area contributed by atoms with Crippen molar-refractivity contribution in [2.24, 2.45) is 5.41 Å². The molecule has 0 spiro atoms. The maximum Gasteiger partial charge on any atom is 0.252 e. The lowest BCUT2D eigenvalue weighted by Gasteiger charge is -2.18. The van der Waals surface area contributed by atoms with Crippen LogP contribution in [0.5, 0.6) is 5.75 Å². The van der Waals surface area contributed by atoms with Crippen LogP contribution in [0.2, 0.25) is 0 Å². The molecule has 2 rings (SSSR count). The van der Waals surface area contributed by atoms with Crippen LogP contribution in [0.3, 0.4) is 0 Å². The molecule has 1 aromatic carbocycles. The van der Waals surface area contributed by atoms with E-state index in [0.29, 0.717) is 18.7 Å². The predicted octanol–water partition coefficient (Wildman–Crippen LogP) is 3.83. The second kappa shape index (κ2) is 7.77. The van der Waals surface area contributed by atoms with Crippen LogP contribution >= 0.6 is 0 Å². The van der Waals surface area contributed by atoms with Crippen LogP contribution in [-0.4, -0.2) is 17.4 Å². The Morgan fingerprint density at radius 1 is 1.13 bits per heavy atom. The van der Waals surface area contributed by atoms with Crippen molar-refractivity contribution in [3.63, 3.8) is 0 Å². The molecule has 122 valence electrons. The van der Waals surface area contributed by atoms with Crippen LogP contribution in [0.1, 0.15) is 43.2 Å². The van der Waals surface area contributed by atoms with Gasteiger partial charge in [-0.3, -0.25) is 9.78 Å². The number of hydrogen-bond donors (Lipinski definition) is 1. The molecule has 0 bridgehead atoms. The minimum Gasteiger partial charge on any atom is -0.487 e. The van der Waals surface area contributed by atoms with Crippen LogP contribution < -0.4 is 10.1 Å². The average Bonchev–Trinajstić information content (AvgIpc) is 2.53. The fourth-order valence-electron chi connectivity index (χ4n) is 1.97. The predicted molar refractivity (Wildman–Crippen MR) is 91.4 cm³/mol. The van der Waals surface area contributed by atoms with Gasteiger partial charge in [0.05, 0.1) is 11.3 Å². The summed E-state index contributed by atoms with van der Waals surface area (Å²) in [6.45, 7) is 7.52. The third-order valence-corrected chi connectivity index (χ3v) is 3.38. The summed E-state index contributed by atoms with van der Waals surface area (Å²) in [6, 6.07) is 13.2. The number of aromatic nitrogens is 1. The highest BCUT2D eigenvalue weighted by Crippen LogP contribution is 2.17. The molecular weight excluding hydrogens is 288 g/mol. The van der Waals surface area contributed by atoms with Gasteiger partial charge in [0.1, 0.15) is 12.4 Å². The van der Waals surface area contributed by atoms with E-state index in [1.807, 2.05) is 36.4 Å². The average molecular weight is 312 g/mol. The molecule has 0 unspecified atom stereocenters. The second-order valence-electron chi connectivity index (χ2n) is 6.71. The van der Waals surface area contributed by atoms with E-state index in [9.17, 15) is 4.79 Å². The summed E-state index contributed by atoms with van der Waals surface area (Å²) in [5.41, 5.74) is 1.58. The van der Waals surface area contributed by atoms with E-state index in [2.05, 4.69) is 31.1 Å². The molecule has 23 heavy (non-hydrogen) atoms. The van der Waals surface area contributed by atoms with Crippen molar-refractivity contribution >= 4 is 5.91 Å². The summed E-state index contributed by atoms with van der Waals surface area (Å²) in [6.07, 6.45) is 2.53. The molecule has 0 radical (unpaired) electrons. The number of pyridine rings is 1. The highest BCUT2D eigenvalue weighted by atomic mass is 16.5. The molecule has 0 aliphatic heterocycles. The molecule has 0 saturated heterocycles. The first-order chi connectivity index (χ1) is 10.9. The molecule has 0 aliphatic rings. The first-order valence-corrected chi connectivity index (χ1v) is 7.85. The van der Waals surface area contributed by atoms with Gasteiger partial charge in [0.25, 0.3) is 5.91 Å². The lowest BCUT2D eigenvalue weighted by molar-refractivity contribution is 0.0949. The largest absolute Gasteiger partial charge is 0.487 e. The number of nitrogens with one attached hydrogen (secondary N) is 1. The zero-order valence-electron chi connectivity index (χ0n) is 14.0. The zero-order chi connectivity index (χ0) is 16.7. The summed E-state index contributed by atoms with van der Waals surface area (Å²) in [5, 5.41) is 2.92. The van der Waals surface area contributed by atoms with Gasteiger partial charge >= 0.3 is 0 Å². The van der Waals surface area contributed by atoms with Crippen molar-refractivity contribution in [3.8, 4) is 5.75 Å². The van der Waals surface area contributed by atoms with Crippen LogP contribution in [0.4, 0.5) is 0 Å². The van der Waals surface area contributed by atoms with Gasteiger partial charge in [0.15, 0.2) is 0 Å². The van der Waals surface area contributed by atoms with E-state index in [1.54, 1.807) is 12.3 Å². The van der Waals surface area contributed by atoms with Gasteiger partial charge in [-0.25, -0.2) is 0 Å². The Balaban J connectivity index is 1.83. The monoisotopic (exact) mass is 312 g/mol. The SMILES string of the molecule is CC(C)(C)CCNC(=O)c1ccc(COc2ccccc2)nc1. The molecule has 1 heterocycles. The second-order valence-corrected chi connectivity index (χ2v) is 6.71. The Kier molecular flexibility index (Phi) is 5.74. The number of carbonyl (C=O) groups excluding carboxylic acids is 1. The number of para-hydroxylation sites is 1. The van der Waals surface area contributed by atoms with Gasteiger partial charge in [0, 0.05) is 12.7 Å². The van der Waals surface area contributed by atoms with Crippen LogP contribution in [0.15, 0.2) is 48.7 Å². The number of nitrogens with zero attached hydrogens (tertiary/aromatic N) is 1. The van der Waals surface area contributed by atoms with Gasteiger partial charge < -0.3 is 10.1 Å². The van der Waals surface area contributed by atoms with E-state index >= 15 is 0 Å². The maximum atomic E-state index is 12.0. The van der Waals surface area contributed by atoms with Crippen molar-refractivity contribution in [2.45, 2.75) is 33.8 Å². The molecule has 1 amide bonds. The lowest BCUT2D eigenvalue weighted by atomic mass is 9.92. The normalized spacial score (nSPS) is 11.1. The number of benzene rings is 1. The van der Waals surface area contributed by atoms with Gasteiger partial charge in [-0.2, -0.15) is 0 Å². The Labute approximate surface area is 137 Å². The standard InChI is InChI=1S/C19H24N2O2/c1-19(2,3)11-12-20-18(22)15-9-10-16(21-13-15)14-23-17-7-5-4-6-8-17/h4-10,13H,11-12,14H2,1-3H3,(H,20,22). The summed E-state index contributed by atoms with van der Waals surface area (Å²) in [7, 11) is 0. The van der Waals surface area contributed by atoms with Gasteiger partial charge in [-0.15, -0.1) is 0 Å². The fourth-order valence-corrected chi connectivity index (χ4v) is 1.97. The molecule has 4 heteroatoms. The van der Waals surface area contributed by atoms with Crippen molar-refractivity contribution in [1.82, 2.24) is 10.3 Å².